The number of benzene rings is 1. The summed E-state index contributed by atoms with van der Waals surface area (Å²) in [6, 6.07) is 6.06. The van der Waals surface area contributed by atoms with E-state index < -0.39 is 54.6 Å². The van der Waals surface area contributed by atoms with E-state index >= 15 is 0 Å². The van der Waals surface area contributed by atoms with E-state index in [0.717, 1.165) is 0 Å². The smallest absolute Gasteiger partial charge is 0.444 e. The first-order valence-electron chi connectivity index (χ1n) is 9.53. The predicted molar refractivity (Wildman–Crippen MR) is 113 cm³/mol. The highest BCUT2D eigenvalue weighted by Gasteiger charge is 2.66. The highest BCUT2D eigenvalue weighted by atomic mass is 31.1. The standard InChI is InChI=1S/C20H30N3O6P/c1-12(2)15(22)17(25)20(30(27)28,23-18(26)29-19(3,4)5)16(24)14(21)11-13-9-7-6-8-10-13/h6-10,12,14-15H,11,21-22H2,1-5H3,(H-,23,26,27,28)/p+1/t14-,15-,20?/m0/s1. The second kappa shape index (κ2) is 10.2. The van der Waals surface area contributed by atoms with Crippen LogP contribution in [0.25, 0.3) is 0 Å². The van der Waals surface area contributed by atoms with Crippen LogP contribution in [0, 0.1) is 5.92 Å². The maximum atomic E-state index is 13.3. The van der Waals surface area contributed by atoms with Crippen molar-refractivity contribution in [3.05, 3.63) is 35.9 Å². The first kappa shape index (κ1) is 25.8. The van der Waals surface area contributed by atoms with Gasteiger partial charge in [-0.25, -0.2) is 4.79 Å². The Morgan fingerprint density at radius 2 is 1.63 bits per heavy atom. The summed E-state index contributed by atoms with van der Waals surface area (Å²) in [6.07, 6.45) is -1.21. The zero-order valence-corrected chi connectivity index (χ0v) is 18.8. The molecule has 0 spiro atoms. The third-order valence-corrected chi connectivity index (χ3v) is 5.46. The van der Waals surface area contributed by atoms with E-state index in [1.54, 1.807) is 65.0 Å². The van der Waals surface area contributed by atoms with Crippen molar-refractivity contribution in [3.8, 4) is 0 Å². The van der Waals surface area contributed by atoms with Gasteiger partial charge in [0.25, 0.3) is 0 Å². The number of hydrogen-bond acceptors (Lipinski definition) is 7. The number of nitrogens with two attached hydrogens (primary N) is 2. The molecule has 0 aromatic heterocycles. The van der Waals surface area contributed by atoms with E-state index in [-0.39, 0.29) is 6.42 Å². The number of ether oxygens (including phenoxy) is 1. The van der Waals surface area contributed by atoms with Crippen LogP contribution in [0.1, 0.15) is 40.2 Å². The number of hydrogen-bond donors (Lipinski definition) is 4. The molecule has 0 saturated heterocycles. The van der Waals surface area contributed by atoms with E-state index in [9.17, 15) is 23.8 Å². The van der Waals surface area contributed by atoms with Gasteiger partial charge in [-0.05, 0) is 43.2 Å². The van der Waals surface area contributed by atoms with Crippen molar-refractivity contribution >= 4 is 25.7 Å². The van der Waals surface area contributed by atoms with Gasteiger partial charge in [0, 0.05) is 0 Å². The number of nitrogens with one attached hydrogen (secondary N) is 1. The monoisotopic (exact) mass is 440 g/mol. The fourth-order valence-corrected chi connectivity index (χ4v) is 3.58. The Morgan fingerprint density at radius 1 is 1.10 bits per heavy atom. The lowest BCUT2D eigenvalue weighted by Gasteiger charge is -2.28. The van der Waals surface area contributed by atoms with Gasteiger partial charge in [-0.2, -0.15) is 4.89 Å². The van der Waals surface area contributed by atoms with Crippen LogP contribution in [-0.2, 0) is 25.3 Å². The molecule has 4 atom stereocenters. The molecule has 1 aromatic rings. The number of Topliss-reactive ketones (excluding diaryl/α,β-unsaturated/α-hetero) is 2. The van der Waals surface area contributed by atoms with Crippen molar-refractivity contribution in [1.82, 2.24) is 5.32 Å². The first-order valence-corrected chi connectivity index (χ1v) is 10.7. The summed E-state index contributed by atoms with van der Waals surface area (Å²) in [5, 5.41) is -0.789. The minimum Gasteiger partial charge on any atom is -0.444 e. The molecule has 0 aliphatic heterocycles. The van der Waals surface area contributed by atoms with Crippen LogP contribution in [0.15, 0.2) is 30.3 Å². The van der Waals surface area contributed by atoms with Crippen LogP contribution in [0.2, 0.25) is 0 Å². The molecule has 0 aliphatic carbocycles. The Kier molecular flexibility index (Phi) is 8.80. The zero-order chi connectivity index (χ0) is 23.3. The molecule has 0 heterocycles. The molecule has 6 N–H and O–H groups in total. The maximum absolute atomic E-state index is 13.3. The molecule has 0 radical (unpaired) electrons. The van der Waals surface area contributed by atoms with Crippen molar-refractivity contribution < 1.29 is 28.6 Å². The largest absolute Gasteiger partial charge is 0.551 e. The van der Waals surface area contributed by atoms with Crippen molar-refractivity contribution in [2.75, 3.05) is 0 Å². The van der Waals surface area contributed by atoms with E-state index in [2.05, 4.69) is 0 Å². The van der Waals surface area contributed by atoms with E-state index in [1.807, 2.05) is 5.32 Å². The number of carbonyl (C=O) groups excluding carboxylic acids is 3. The van der Waals surface area contributed by atoms with Crippen LogP contribution in [0.4, 0.5) is 4.79 Å². The fraction of sp³-hybridized carbons (Fsp3) is 0.550. The molecule has 166 valence electrons. The summed E-state index contributed by atoms with van der Waals surface area (Å²) in [7, 11) is -3.59. The number of carbonyl (C=O) groups is 3. The molecule has 1 aromatic carbocycles. The van der Waals surface area contributed by atoms with Crippen LogP contribution >= 0.6 is 8.03 Å². The predicted octanol–water partition coefficient (Wildman–Crippen LogP) is 1.63. The number of ketones is 2. The van der Waals surface area contributed by atoms with Crippen molar-refractivity contribution in [2.24, 2.45) is 17.4 Å². The minimum absolute atomic E-state index is 0.00914. The molecule has 2 unspecified atom stereocenters. The average Bonchev–Trinajstić information content (AvgIpc) is 2.63. The van der Waals surface area contributed by atoms with Gasteiger partial charge in [0.05, 0.1) is 12.1 Å². The van der Waals surface area contributed by atoms with Gasteiger partial charge in [0.1, 0.15) is 5.60 Å². The quantitative estimate of drug-likeness (QED) is 0.333. The highest BCUT2D eigenvalue weighted by molar-refractivity contribution is 7.43. The second-order valence-electron chi connectivity index (χ2n) is 8.40. The van der Waals surface area contributed by atoms with E-state index in [0.29, 0.717) is 5.56 Å². The fourth-order valence-electron chi connectivity index (χ4n) is 2.71. The molecule has 0 bridgehead atoms. The summed E-state index contributed by atoms with van der Waals surface area (Å²) < 4.78 is 17.5. The molecule has 9 nitrogen and oxygen atoms in total. The van der Waals surface area contributed by atoms with Gasteiger partial charge < -0.3 is 16.2 Å². The van der Waals surface area contributed by atoms with Gasteiger partial charge in [0.2, 0.25) is 11.6 Å². The number of amides is 1. The Bertz CT molecular complexity index is 793. The second-order valence-corrected chi connectivity index (χ2v) is 9.62. The zero-order valence-electron chi connectivity index (χ0n) is 17.9. The van der Waals surface area contributed by atoms with Gasteiger partial charge >= 0.3 is 19.4 Å². The summed E-state index contributed by atoms with van der Waals surface area (Å²) in [6.45, 7) is 7.92. The lowest BCUT2D eigenvalue weighted by Crippen LogP contribution is -2.66. The lowest BCUT2D eigenvalue weighted by atomic mass is 9.89. The van der Waals surface area contributed by atoms with Crippen LogP contribution in [0.3, 0.4) is 0 Å². The van der Waals surface area contributed by atoms with Gasteiger partial charge in [-0.3, -0.25) is 14.9 Å². The molecule has 30 heavy (non-hydrogen) atoms. The molecule has 1 amide bonds. The van der Waals surface area contributed by atoms with E-state index in [1.165, 1.54) is 0 Å². The molecule has 0 fully saturated rings. The van der Waals surface area contributed by atoms with Crippen LogP contribution in [-0.4, -0.2) is 45.5 Å². The van der Waals surface area contributed by atoms with Gasteiger partial charge in [-0.1, -0.05) is 44.2 Å². The molecule has 1 rings (SSSR count). The first-order chi connectivity index (χ1) is 13.7. The highest BCUT2D eigenvalue weighted by Crippen LogP contribution is 2.38. The Morgan fingerprint density at radius 3 is 2.07 bits per heavy atom. The summed E-state index contributed by atoms with van der Waals surface area (Å²) in [5.41, 5.74) is 11.6. The van der Waals surface area contributed by atoms with Gasteiger partial charge in [0.15, 0.2) is 0 Å². The van der Waals surface area contributed by atoms with Gasteiger partial charge in [-0.15, -0.1) is 0 Å². The van der Waals surface area contributed by atoms with Crippen molar-refractivity contribution in [1.29, 1.82) is 0 Å². The molecule has 10 heteroatoms. The average molecular weight is 440 g/mol. The summed E-state index contributed by atoms with van der Waals surface area (Å²) >= 11 is 0. The lowest BCUT2D eigenvalue weighted by molar-refractivity contribution is -0.134. The SMILES string of the molecule is CC(C)[C@H](N)C(=O)C(NC(=O)OC(C)(C)C)(C(=O)[C@@H](N)Cc1ccccc1)[P+](=O)O. The van der Waals surface area contributed by atoms with Crippen LogP contribution < -0.4 is 16.8 Å². The number of rotatable bonds is 9. The Hall–Kier alpha value is -2.19. The van der Waals surface area contributed by atoms with E-state index in [4.69, 9.17) is 16.2 Å². The van der Waals surface area contributed by atoms with Crippen molar-refractivity contribution in [3.63, 3.8) is 0 Å². The van der Waals surface area contributed by atoms with Crippen LogP contribution in [0.5, 0.6) is 0 Å². The number of alkyl carbamates (subject to hydrolysis) is 1. The summed E-state index contributed by atoms with van der Waals surface area (Å²) in [5.74, 6) is -2.67. The maximum Gasteiger partial charge on any atom is 0.551 e. The molecular weight excluding hydrogens is 409 g/mol. The third-order valence-electron chi connectivity index (χ3n) is 4.34. The summed E-state index contributed by atoms with van der Waals surface area (Å²) in [4.78, 5) is 48.9. The normalized spacial score (nSPS) is 16.2. The molecule has 0 saturated carbocycles. The Labute approximate surface area is 177 Å². The minimum atomic E-state index is -3.59. The Balaban J connectivity index is 3.41. The third kappa shape index (κ3) is 6.40. The molecule has 0 aliphatic rings. The van der Waals surface area contributed by atoms with Crippen molar-refractivity contribution in [2.45, 2.75) is 64.0 Å². The molecular formula is C20H31N3O6P+. The topological polar surface area (TPSA) is 162 Å².